The van der Waals surface area contributed by atoms with E-state index in [4.69, 9.17) is 18.9 Å². The van der Waals surface area contributed by atoms with Gasteiger partial charge >= 0.3 is 5.97 Å². The molecule has 1 unspecified atom stereocenters. The highest BCUT2D eigenvalue weighted by molar-refractivity contribution is 5.97. The number of fused-ring (bicyclic) bond motifs is 1. The van der Waals surface area contributed by atoms with Gasteiger partial charge in [-0.3, -0.25) is 0 Å². The average molecular weight is 429 g/mol. The van der Waals surface area contributed by atoms with E-state index in [0.717, 1.165) is 25.7 Å². The predicted molar refractivity (Wildman–Crippen MR) is 115 cm³/mol. The van der Waals surface area contributed by atoms with Crippen LogP contribution in [0.25, 0.3) is 0 Å². The minimum Gasteiger partial charge on any atom is -0.492 e. The maximum Gasteiger partial charge on any atom is 0.338 e. The average Bonchev–Trinajstić information content (AvgIpc) is 3.48. The highest BCUT2D eigenvalue weighted by Crippen LogP contribution is 2.61. The summed E-state index contributed by atoms with van der Waals surface area (Å²) in [4.78, 5) is 15.1. The molecular weight excluding hydrogens is 396 g/mol. The molecule has 7 nitrogen and oxygen atoms in total. The van der Waals surface area contributed by atoms with E-state index < -0.39 is 17.2 Å². The molecule has 2 saturated carbocycles. The standard InChI is InChI=1S/C24H32N2O5/c1-14-17(22(27)29-6)18(24(13-25)11-12-24)20(28-5)21-19(14)30-23(2,31-21)15-7-9-16(10-8-15)26(3)4/h15-16H,7-12H2,1-6H3. The number of esters is 1. The molecular formula is C24H32N2O5. The van der Waals surface area contributed by atoms with Crippen molar-refractivity contribution in [1.82, 2.24) is 4.90 Å². The number of benzene rings is 1. The smallest absolute Gasteiger partial charge is 0.338 e. The summed E-state index contributed by atoms with van der Waals surface area (Å²) in [6, 6.07) is 2.96. The fourth-order valence-electron chi connectivity index (χ4n) is 5.28. The number of methoxy groups -OCH3 is 2. The fourth-order valence-corrected chi connectivity index (χ4v) is 5.28. The van der Waals surface area contributed by atoms with E-state index >= 15 is 0 Å². The lowest BCUT2D eigenvalue weighted by atomic mass is 9.81. The molecule has 0 spiro atoms. The SMILES string of the molecule is COC(=O)c1c(C)c2c(c(OC)c1C1(C#N)CC1)OC(C)(C1CCC(N(C)C)CC1)O2. The molecule has 1 aromatic carbocycles. The third-order valence-corrected chi connectivity index (χ3v) is 7.42. The van der Waals surface area contributed by atoms with Gasteiger partial charge in [-0.2, -0.15) is 5.26 Å². The van der Waals surface area contributed by atoms with Crippen LogP contribution in [0.3, 0.4) is 0 Å². The van der Waals surface area contributed by atoms with Gasteiger partial charge in [0.15, 0.2) is 11.5 Å². The van der Waals surface area contributed by atoms with Crippen molar-refractivity contribution < 1.29 is 23.7 Å². The van der Waals surface area contributed by atoms with E-state index in [0.29, 0.717) is 52.8 Å². The van der Waals surface area contributed by atoms with Crippen LogP contribution in [0, 0.1) is 24.2 Å². The Hall–Kier alpha value is -2.46. The van der Waals surface area contributed by atoms with Crippen LogP contribution in [0.4, 0.5) is 0 Å². The first-order valence-corrected chi connectivity index (χ1v) is 11.0. The molecule has 0 saturated heterocycles. The summed E-state index contributed by atoms with van der Waals surface area (Å²) in [5.74, 6) is 0.335. The number of rotatable bonds is 5. The van der Waals surface area contributed by atoms with Crippen LogP contribution in [0.5, 0.6) is 17.2 Å². The van der Waals surface area contributed by atoms with Crippen LogP contribution < -0.4 is 14.2 Å². The van der Waals surface area contributed by atoms with E-state index in [9.17, 15) is 10.1 Å². The van der Waals surface area contributed by atoms with E-state index in [-0.39, 0.29) is 5.92 Å². The number of ether oxygens (including phenoxy) is 4. The molecule has 31 heavy (non-hydrogen) atoms. The van der Waals surface area contributed by atoms with Crippen molar-refractivity contribution in [2.24, 2.45) is 5.92 Å². The zero-order valence-electron chi connectivity index (χ0n) is 19.3. The Kier molecular flexibility index (Phi) is 5.33. The van der Waals surface area contributed by atoms with Crippen molar-refractivity contribution in [3.05, 3.63) is 16.7 Å². The Morgan fingerprint density at radius 3 is 2.23 bits per heavy atom. The first kappa shape index (κ1) is 21.8. The summed E-state index contributed by atoms with van der Waals surface area (Å²) in [5.41, 5.74) is 0.830. The normalized spacial score (nSPS) is 28.2. The summed E-state index contributed by atoms with van der Waals surface area (Å²) in [6.07, 6.45) is 5.51. The predicted octanol–water partition coefficient (Wildman–Crippen LogP) is 3.95. The Morgan fingerprint density at radius 2 is 1.74 bits per heavy atom. The summed E-state index contributed by atoms with van der Waals surface area (Å²) in [5, 5.41) is 9.89. The zero-order valence-corrected chi connectivity index (χ0v) is 19.3. The number of nitriles is 1. The molecule has 7 heteroatoms. The van der Waals surface area contributed by atoms with Gasteiger partial charge in [-0.15, -0.1) is 0 Å². The third-order valence-electron chi connectivity index (χ3n) is 7.42. The molecule has 4 rings (SSSR count). The van der Waals surface area contributed by atoms with Gasteiger partial charge in [-0.05, 0) is 59.5 Å². The van der Waals surface area contributed by atoms with Crippen LogP contribution >= 0.6 is 0 Å². The molecule has 1 heterocycles. The number of carbonyl (C=O) groups excluding carboxylic acids is 1. The van der Waals surface area contributed by atoms with E-state index in [1.807, 2.05) is 13.8 Å². The lowest BCUT2D eigenvalue weighted by molar-refractivity contribution is -0.123. The first-order valence-electron chi connectivity index (χ1n) is 11.0. The minimum absolute atomic E-state index is 0.219. The zero-order chi connectivity index (χ0) is 22.6. The van der Waals surface area contributed by atoms with Gasteiger partial charge in [0.1, 0.15) is 0 Å². The lowest BCUT2D eigenvalue weighted by Gasteiger charge is -2.39. The second kappa shape index (κ2) is 7.59. The van der Waals surface area contributed by atoms with Crippen LogP contribution in [-0.4, -0.2) is 51.0 Å². The molecule has 0 N–H and O–H groups in total. The van der Waals surface area contributed by atoms with Gasteiger partial charge in [0.05, 0.1) is 31.3 Å². The molecule has 1 aromatic rings. The topological polar surface area (TPSA) is 81.0 Å². The van der Waals surface area contributed by atoms with Gasteiger partial charge in [-0.1, -0.05) is 0 Å². The van der Waals surface area contributed by atoms with Crippen LogP contribution in [0.1, 0.15) is 66.9 Å². The molecule has 3 aliphatic rings. The second-order valence-electron chi connectivity index (χ2n) is 9.44. The number of hydrogen-bond acceptors (Lipinski definition) is 7. The largest absolute Gasteiger partial charge is 0.492 e. The van der Waals surface area contributed by atoms with Gasteiger partial charge < -0.3 is 23.8 Å². The van der Waals surface area contributed by atoms with Crippen LogP contribution in [-0.2, 0) is 10.2 Å². The molecule has 0 bridgehead atoms. The Balaban J connectivity index is 1.77. The Morgan fingerprint density at radius 1 is 1.13 bits per heavy atom. The van der Waals surface area contributed by atoms with Crippen LogP contribution in [0.15, 0.2) is 0 Å². The number of carbonyl (C=O) groups is 1. The van der Waals surface area contributed by atoms with Crippen molar-refractivity contribution in [2.45, 2.75) is 69.6 Å². The third kappa shape index (κ3) is 3.32. The van der Waals surface area contributed by atoms with E-state index in [1.165, 1.54) is 7.11 Å². The molecule has 0 radical (unpaired) electrons. The molecule has 2 aliphatic carbocycles. The van der Waals surface area contributed by atoms with E-state index in [1.54, 1.807) is 7.11 Å². The Bertz CT molecular complexity index is 939. The van der Waals surface area contributed by atoms with Crippen molar-refractivity contribution >= 4 is 5.97 Å². The molecule has 2 fully saturated rings. The van der Waals surface area contributed by atoms with E-state index in [2.05, 4.69) is 25.1 Å². The van der Waals surface area contributed by atoms with Gasteiger partial charge in [-0.25, -0.2) is 4.79 Å². The monoisotopic (exact) mass is 428 g/mol. The second-order valence-corrected chi connectivity index (χ2v) is 9.44. The maximum absolute atomic E-state index is 12.8. The minimum atomic E-state index is -0.840. The molecule has 0 aromatic heterocycles. The Labute approximate surface area is 184 Å². The highest BCUT2D eigenvalue weighted by Gasteiger charge is 2.54. The number of nitrogens with zero attached hydrogens (tertiary/aromatic N) is 2. The molecule has 0 amide bonds. The van der Waals surface area contributed by atoms with Gasteiger partial charge in [0.25, 0.3) is 5.79 Å². The van der Waals surface area contributed by atoms with Crippen molar-refractivity contribution in [2.75, 3.05) is 28.3 Å². The fraction of sp³-hybridized carbons (Fsp3) is 0.667. The van der Waals surface area contributed by atoms with Gasteiger partial charge in [0, 0.05) is 30.0 Å². The molecule has 1 aliphatic heterocycles. The van der Waals surface area contributed by atoms with Crippen molar-refractivity contribution in [3.8, 4) is 23.3 Å². The summed E-state index contributed by atoms with van der Waals surface area (Å²) >= 11 is 0. The quantitative estimate of drug-likeness (QED) is 0.657. The summed E-state index contributed by atoms with van der Waals surface area (Å²) in [6.45, 7) is 3.81. The van der Waals surface area contributed by atoms with Crippen LogP contribution in [0.2, 0.25) is 0 Å². The summed E-state index contributed by atoms with van der Waals surface area (Å²) in [7, 11) is 7.14. The van der Waals surface area contributed by atoms with Gasteiger partial charge in [0.2, 0.25) is 5.75 Å². The molecule has 168 valence electrons. The lowest BCUT2D eigenvalue weighted by Crippen LogP contribution is -2.46. The number of hydrogen-bond donors (Lipinski definition) is 0. The highest BCUT2D eigenvalue weighted by atomic mass is 16.7. The first-order chi connectivity index (χ1) is 14.7. The maximum atomic E-state index is 12.8. The summed E-state index contributed by atoms with van der Waals surface area (Å²) < 4.78 is 23.8. The van der Waals surface area contributed by atoms with Crippen molar-refractivity contribution in [1.29, 1.82) is 5.26 Å². The van der Waals surface area contributed by atoms with Crippen molar-refractivity contribution in [3.63, 3.8) is 0 Å². The molecule has 1 atom stereocenters.